The van der Waals surface area contributed by atoms with Crippen LogP contribution in [0.15, 0.2) is 24.4 Å². The van der Waals surface area contributed by atoms with Crippen LogP contribution in [0.5, 0.6) is 0 Å². The monoisotopic (exact) mass is 190 g/mol. The van der Waals surface area contributed by atoms with Crippen molar-refractivity contribution < 1.29 is 4.74 Å². The van der Waals surface area contributed by atoms with Crippen LogP contribution >= 0.6 is 0 Å². The van der Waals surface area contributed by atoms with Crippen molar-refractivity contribution in [1.82, 2.24) is 14.6 Å². The fourth-order valence-corrected chi connectivity index (χ4v) is 1.14. The lowest BCUT2D eigenvalue weighted by molar-refractivity contribution is 0.323. The van der Waals surface area contributed by atoms with Crippen molar-refractivity contribution in [2.24, 2.45) is 0 Å². The van der Waals surface area contributed by atoms with E-state index in [-0.39, 0.29) is 5.90 Å². The normalized spacial score (nSPS) is 10.4. The maximum atomic E-state index is 7.50. The van der Waals surface area contributed by atoms with E-state index in [1.54, 1.807) is 10.7 Å². The van der Waals surface area contributed by atoms with Crippen LogP contribution in [0.4, 0.5) is 0 Å². The predicted molar refractivity (Wildman–Crippen MR) is 51.4 cm³/mol. The summed E-state index contributed by atoms with van der Waals surface area (Å²) in [4.78, 5) is 4.13. The van der Waals surface area contributed by atoms with Gasteiger partial charge in [-0.2, -0.15) is 0 Å². The number of ether oxygens (including phenoxy) is 1. The van der Waals surface area contributed by atoms with Gasteiger partial charge in [-0.15, -0.1) is 5.10 Å². The van der Waals surface area contributed by atoms with Crippen molar-refractivity contribution in [3.05, 3.63) is 30.2 Å². The van der Waals surface area contributed by atoms with Crippen LogP contribution in [0.1, 0.15) is 12.7 Å². The molecule has 0 bridgehead atoms. The summed E-state index contributed by atoms with van der Waals surface area (Å²) in [5, 5.41) is 11.6. The Morgan fingerprint density at radius 2 is 2.43 bits per heavy atom. The molecule has 0 radical (unpaired) electrons. The number of fused-ring (bicyclic) bond motifs is 1. The third kappa shape index (κ3) is 1.44. The average molecular weight is 190 g/mol. The molecule has 5 heteroatoms. The molecule has 0 atom stereocenters. The molecule has 2 heterocycles. The maximum Gasteiger partial charge on any atom is 0.254 e. The van der Waals surface area contributed by atoms with E-state index < -0.39 is 0 Å². The van der Waals surface area contributed by atoms with Crippen LogP contribution < -0.4 is 0 Å². The van der Waals surface area contributed by atoms with Gasteiger partial charge in [0.15, 0.2) is 5.65 Å². The Morgan fingerprint density at radius 1 is 1.57 bits per heavy atom. The second-order valence-electron chi connectivity index (χ2n) is 2.70. The molecule has 0 amide bonds. The number of hydrogen-bond donors (Lipinski definition) is 1. The Kier molecular flexibility index (Phi) is 2.14. The fraction of sp³-hybridized carbons (Fsp3) is 0.222. The minimum Gasteiger partial charge on any atom is -0.476 e. The van der Waals surface area contributed by atoms with Gasteiger partial charge in [0.25, 0.3) is 5.90 Å². The summed E-state index contributed by atoms with van der Waals surface area (Å²) < 4.78 is 6.62. The molecule has 0 aliphatic rings. The lowest BCUT2D eigenvalue weighted by Gasteiger charge is -1.97. The largest absolute Gasteiger partial charge is 0.476 e. The Morgan fingerprint density at radius 3 is 3.14 bits per heavy atom. The van der Waals surface area contributed by atoms with Crippen LogP contribution in [0.3, 0.4) is 0 Å². The summed E-state index contributed by atoms with van der Waals surface area (Å²) in [7, 11) is 0. The van der Waals surface area contributed by atoms with E-state index in [4.69, 9.17) is 10.1 Å². The molecular weight excluding hydrogens is 180 g/mol. The molecule has 0 aromatic carbocycles. The molecule has 0 aliphatic heterocycles. The highest BCUT2D eigenvalue weighted by atomic mass is 16.5. The molecule has 2 aromatic heterocycles. The SMILES string of the molecule is CCOC(=N)c1nc2ccccn2n1. The summed E-state index contributed by atoms with van der Waals surface area (Å²) >= 11 is 0. The van der Waals surface area contributed by atoms with Crippen LogP contribution in [0.2, 0.25) is 0 Å². The highest BCUT2D eigenvalue weighted by molar-refractivity contribution is 5.88. The minimum absolute atomic E-state index is 0.0104. The lowest BCUT2D eigenvalue weighted by atomic mass is 10.5. The van der Waals surface area contributed by atoms with Crippen molar-refractivity contribution >= 4 is 11.5 Å². The van der Waals surface area contributed by atoms with Crippen molar-refractivity contribution in [3.63, 3.8) is 0 Å². The molecule has 2 aromatic rings. The van der Waals surface area contributed by atoms with Crippen LogP contribution in [0.25, 0.3) is 5.65 Å². The van der Waals surface area contributed by atoms with Gasteiger partial charge < -0.3 is 4.74 Å². The average Bonchev–Trinajstić information content (AvgIpc) is 2.61. The molecule has 14 heavy (non-hydrogen) atoms. The molecule has 5 nitrogen and oxygen atoms in total. The van der Waals surface area contributed by atoms with Gasteiger partial charge in [0.2, 0.25) is 5.82 Å². The summed E-state index contributed by atoms with van der Waals surface area (Å²) in [6.45, 7) is 2.28. The van der Waals surface area contributed by atoms with Gasteiger partial charge in [-0.25, -0.2) is 9.50 Å². The molecular formula is C9H10N4O. The maximum absolute atomic E-state index is 7.50. The summed E-state index contributed by atoms with van der Waals surface area (Å²) in [6.07, 6.45) is 1.78. The first kappa shape index (κ1) is 8.68. The Hall–Kier alpha value is -1.91. The lowest BCUT2D eigenvalue weighted by Crippen LogP contribution is -2.06. The molecule has 0 saturated carbocycles. The smallest absolute Gasteiger partial charge is 0.254 e. The summed E-state index contributed by atoms with van der Waals surface area (Å²) in [6, 6.07) is 5.56. The molecule has 0 aliphatic carbocycles. The molecule has 0 unspecified atom stereocenters. The first-order valence-electron chi connectivity index (χ1n) is 4.34. The first-order chi connectivity index (χ1) is 6.81. The van der Waals surface area contributed by atoms with Crippen molar-refractivity contribution in [1.29, 1.82) is 5.41 Å². The summed E-state index contributed by atoms with van der Waals surface area (Å²) in [5.74, 6) is 0.328. The van der Waals surface area contributed by atoms with E-state index in [1.165, 1.54) is 0 Å². The quantitative estimate of drug-likeness (QED) is 0.569. The van der Waals surface area contributed by atoms with Gasteiger partial charge in [-0.3, -0.25) is 5.41 Å². The minimum atomic E-state index is 0.0104. The Labute approximate surface area is 80.9 Å². The predicted octanol–water partition coefficient (Wildman–Crippen LogP) is 1.09. The number of aromatic nitrogens is 3. The Balaban J connectivity index is 2.40. The number of rotatable bonds is 2. The van der Waals surface area contributed by atoms with Crippen LogP contribution in [0, 0.1) is 5.41 Å². The number of pyridine rings is 1. The number of hydrogen-bond acceptors (Lipinski definition) is 4. The third-order valence-corrected chi connectivity index (χ3v) is 1.73. The van der Waals surface area contributed by atoms with Gasteiger partial charge in [-0.1, -0.05) is 6.07 Å². The molecule has 2 rings (SSSR count). The molecule has 0 spiro atoms. The van der Waals surface area contributed by atoms with Crippen molar-refractivity contribution in [2.45, 2.75) is 6.92 Å². The molecule has 0 fully saturated rings. The van der Waals surface area contributed by atoms with Gasteiger partial charge in [0, 0.05) is 6.20 Å². The zero-order valence-corrected chi connectivity index (χ0v) is 7.77. The van der Waals surface area contributed by atoms with Crippen molar-refractivity contribution in [2.75, 3.05) is 6.61 Å². The molecule has 72 valence electrons. The van der Waals surface area contributed by atoms with Crippen LogP contribution in [-0.2, 0) is 4.74 Å². The van der Waals surface area contributed by atoms with Gasteiger partial charge >= 0.3 is 0 Å². The molecule has 1 N–H and O–H groups in total. The Bertz CT molecular complexity index is 430. The van der Waals surface area contributed by atoms with Gasteiger partial charge in [0.05, 0.1) is 6.61 Å². The highest BCUT2D eigenvalue weighted by Crippen LogP contribution is 2.01. The van der Waals surface area contributed by atoms with Crippen molar-refractivity contribution in [3.8, 4) is 0 Å². The third-order valence-electron chi connectivity index (χ3n) is 1.73. The molecule has 0 saturated heterocycles. The zero-order chi connectivity index (χ0) is 9.97. The highest BCUT2D eigenvalue weighted by Gasteiger charge is 2.08. The topological polar surface area (TPSA) is 63.3 Å². The van der Waals surface area contributed by atoms with E-state index in [0.29, 0.717) is 18.1 Å². The van der Waals surface area contributed by atoms with E-state index in [2.05, 4.69) is 10.1 Å². The van der Waals surface area contributed by atoms with E-state index in [0.717, 1.165) is 0 Å². The van der Waals surface area contributed by atoms with Gasteiger partial charge in [-0.05, 0) is 19.1 Å². The fourth-order valence-electron chi connectivity index (χ4n) is 1.14. The number of nitrogens with one attached hydrogen (secondary N) is 1. The second kappa shape index (κ2) is 3.45. The first-order valence-corrected chi connectivity index (χ1v) is 4.34. The number of nitrogens with zero attached hydrogens (tertiary/aromatic N) is 3. The second-order valence-corrected chi connectivity index (χ2v) is 2.70. The van der Waals surface area contributed by atoms with E-state index >= 15 is 0 Å². The van der Waals surface area contributed by atoms with E-state index in [9.17, 15) is 0 Å². The standard InChI is InChI=1S/C9H10N4O/c1-2-14-8(10)9-11-7-5-3-4-6-13(7)12-9/h3-6,10H,2H2,1H3. The van der Waals surface area contributed by atoms with E-state index in [1.807, 2.05) is 25.1 Å². The zero-order valence-electron chi connectivity index (χ0n) is 7.77. The van der Waals surface area contributed by atoms with Crippen LogP contribution in [-0.4, -0.2) is 27.1 Å². The summed E-state index contributed by atoms with van der Waals surface area (Å²) in [5.41, 5.74) is 0.715. The van der Waals surface area contributed by atoms with Gasteiger partial charge in [0.1, 0.15) is 0 Å².